The Morgan fingerprint density at radius 3 is 2.32 bits per heavy atom. The van der Waals surface area contributed by atoms with E-state index in [0.717, 1.165) is 11.1 Å². The predicted molar refractivity (Wildman–Crippen MR) is 90.6 cm³/mol. The van der Waals surface area contributed by atoms with Gasteiger partial charge in [0.05, 0.1) is 12.0 Å². The van der Waals surface area contributed by atoms with Gasteiger partial charge in [0.2, 0.25) is 5.91 Å². The highest BCUT2D eigenvalue weighted by atomic mass is 35.5. The molecule has 0 fully saturated rings. The van der Waals surface area contributed by atoms with Crippen molar-refractivity contribution in [3.8, 4) is 0 Å². The van der Waals surface area contributed by atoms with E-state index < -0.39 is 0 Å². The van der Waals surface area contributed by atoms with Gasteiger partial charge < -0.3 is 11.1 Å². The van der Waals surface area contributed by atoms with Crippen LogP contribution < -0.4 is 11.1 Å². The van der Waals surface area contributed by atoms with Crippen LogP contribution in [0.4, 0.5) is 0 Å². The molecular formula is C17H22ClN3O. The van der Waals surface area contributed by atoms with Gasteiger partial charge >= 0.3 is 0 Å². The van der Waals surface area contributed by atoms with Gasteiger partial charge in [-0.3, -0.25) is 9.78 Å². The summed E-state index contributed by atoms with van der Waals surface area (Å²) >= 11 is 0. The number of aromatic nitrogens is 1. The van der Waals surface area contributed by atoms with Gasteiger partial charge in [0, 0.05) is 18.4 Å². The third kappa shape index (κ3) is 4.55. The van der Waals surface area contributed by atoms with E-state index in [-0.39, 0.29) is 36.3 Å². The van der Waals surface area contributed by atoms with Crippen molar-refractivity contribution in [2.24, 2.45) is 11.7 Å². The van der Waals surface area contributed by atoms with Gasteiger partial charge in [-0.15, -0.1) is 12.4 Å². The maximum Gasteiger partial charge on any atom is 0.225 e. The molecule has 3 unspecified atom stereocenters. The summed E-state index contributed by atoms with van der Waals surface area (Å²) in [6.07, 6.45) is 3.47. The highest BCUT2D eigenvalue weighted by Gasteiger charge is 2.23. The Labute approximate surface area is 137 Å². The number of pyridine rings is 1. The molecule has 1 heterocycles. The van der Waals surface area contributed by atoms with Crippen molar-refractivity contribution in [2.45, 2.75) is 25.9 Å². The molecule has 0 aliphatic carbocycles. The molecule has 118 valence electrons. The average Bonchev–Trinajstić information content (AvgIpc) is 2.55. The molecule has 22 heavy (non-hydrogen) atoms. The predicted octanol–water partition coefficient (Wildman–Crippen LogP) is 3.02. The molecule has 2 aromatic rings. The highest BCUT2D eigenvalue weighted by Crippen LogP contribution is 2.20. The molecule has 4 nitrogen and oxygen atoms in total. The summed E-state index contributed by atoms with van der Waals surface area (Å²) in [4.78, 5) is 16.4. The third-order valence-electron chi connectivity index (χ3n) is 3.68. The number of benzene rings is 1. The lowest BCUT2D eigenvalue weighted by molar-refractivity contribution is -0.125. The minimum atomic E-state index is -0.313. The quantitative estimate of drug-likeness (QED) is 0.890. The Morgan fingerprint density at radius 1 is 1.09 bits per heavy atom. The van der Waals surface area contributed by atoms with Crippen LogP contribution in [0, 0.1) is 5.92 Å². The fraction of sp³-hybridized carbons (Fsp3) is 0.294. The first-order valence-corrected chi connectivity index (χ1v) is 7.10. The number of hydrogen-bond acceptors (Lipinski definition) is 3. The highest BCUT2D eigenvalue weighted by molar-refractivity contribution is 5.85. The minimum absolute atomic E-state index is 0. The summed E-state index contributed by atoms with van der Waals surface area (Å²) in [5, 5.41) is 2.99. The van der Waals surface area contributed by atoms with E-state index in [1.54, 1.807) is 12.4 Å². The number of nitrogens with zero attached hydrogens (tertiary/aromatic N) is 1. The van der Waals surface area contributed by atoms with Gasteiger partial charge in [-0.25, -0.2) is 0 Å². The first-order chi connectivity index (χ1) is 10.1. The van der Waals surface area contributed by atoms with Crippen molar-refractivity contribution in [3.63, 3.8) is 0 Å². The first-order valence-electron chi connectivity index (χ1n) is 7.10. The van der Waals surface area contributed by atoms with Crippen LogP contribution in [0.2, 0.25) is 0 Å². The summed E-state index contributed by atoms with van der Waals surface area (Å²) in [5.41, 5.74) is 8.13. The zero-order chi connectivity index (χ0) is 15.2. The molecule has 0 saturated carbocycles. The molecule has 1 aromatic carbocycles. The number of amides is 1. The van der Waals surface area contributed by atoms with E-state index in [9.17, 15) is 4.79 Å². The Morgan fingerprint density at radius 2 is 1.73 bits per heavy atom. The molecule has 2 rings (SSSR count). The number of nitrogens with one attached hydrogen (secondary N) is 1. The Hall–Kier alpha value is -1.91. The summed E-state index contributed by atoms with van der Waals surface area (Å²) < 4.78 is 0. The van der Waals surface area contributed by atoms with Crippen LogP contribution in [0.15, 0.2) is 54.9 Å². The van der Waals surface area contributed by atoms with Crippen molar-refractivity contribution in [1.82, 2.24) is 10.3 Å². The fourth-order valence-corrected chi connectivity index (χ4v) is 2.19. The van der Waals surface area contributed by atoms with Crippen LogP contribution in [-0.2, 0) is 4.79 Å². The van der Waals surface area contributed by atoms with E-state index in [0.29, 0.717) is 0 Å². The van der Waals surface area contributed by atoms with Crippen molar-refractivity contribution >= 4 is 18.3 Å². The maximum absolute atomic E-state index is 12.3. The second kappa shape index (κ2) is 8.51. The molecule has 0 radical (unpaired) electrons. The molecule has 0 saturated heterocycles. The SMILES string of the molecule is CC(NC(=O)C(C)C(N)c1ccccc1)c1cccnc1.Cl. The largest absolute Gasteiger partial charge is 0.349 e. The normalized spacial score (nSPS) is 14.3. The molecule has 1 amide bonds. The maximum atomic E-state index is 12.3. The molecule has 0 aliphatic heterocycles. The second-order valence-electron chi connectivity index (χ2n) is 5.24. The van der Waals surface area contributed by atoms with Crippen molar-refractivity contribution in [3.05, 3.63) is 66.0 Å². The fourth-order valence-electron chi connectivity index (χ4n) is 2.19. The summed E-state index contributed by atoms with van der Waals surface area (Å²) in [7, 11) is 0. The standard InChI is InChI=1S/C17H21N3O.ClH/c1-12(16(18)14-7-4-3-5-8-14)17(21)20-13(2)15-9-6-10-19-11-15;/h3-13,16H,18H2,1-2H3,(H,20,21);1H. The Bertz CT molecular complexity index is 577. The number of hydrogen-bond donors (Lipinski definition) is 2. The van der Waals surface area contributed by atoms with Gasteiger partial charge in [0.1, 0.15) is 0 Å². The Kier molecular flexibility index (Phi) is 7.02. The van der Waals surface area contributed by atoms with Gasteiger partial charge in [-0.1, -0.05) is 43.3 Å². The van der Waals surface area contributed by atoms with Crippen molar-refractivity contribution in [2.75, 3.05) is 0 Å². The minimum Gasteiger partial charge on any atom is -0.349 e. The molecule has 3 atom stereocenters. The van der Waals surface area contributed by atoms with Crippen molar-refractivity contribution < 1.29 is 4.79 Å². The van der Waals surface area contributed by atoms with E-state index in [2.05, 4.69) is 10.3 Å². The van der Waals surface area contributed by atoms with Crippen molar-refractivity contribution in [1.29, 1.82) is 0 Å². The number of rotatable bonds is 5. The van der Waals surface area contributed by atoms with E-state index in [4.69, 9.17) is 5.73 Å². The summed E-state index contributed by atoms with van der Waals surface area (Å²) in [5.74, 6) is -0.353. The molecule has 3 N–H and O–H groups in total. The van der Waals surface area contributed by atoms with Gasteiger partial charge in [0.15, 0.2) is 0 Å². The molecule has 5 heteroatoms. The third-order valence-corrected chi connectivity index (χ3v) is 3.68. The monoisotopic (exact) mass is 319 g/mol. The van der Waals surface area contributed by atoms with E-state index in [1.807, 2.05) is 56.3 Å². The topological polar surface area (TPSA) is 68.0 Å². The summed E-state index contributed by atoms with van der Waals surface area (Å²) in [6.45, 7) is 3.79. The molecular weight excluding hydrogens is 298 g/mol. The smallest absolute Gasteiger partial charge is 0.225 e. The lowest BCUT2D eigenvalue weighted by atomic mass is 9.94. The molecule has 0 aliphatic rings. The zero-order valence-corrected chi connectivity index (χ0v) is 13.6. The lowest BCUT2D eigenvalue weighted by Crippen LogP contribution is -2.36. The Balaban J connectivity index is 0.00000242. The van der Waals surface area contributed by atoms with Crippen LogP contribution in [0.25, 0.3) is 0 Å². The van der Waals surface area contributed by atoms with Gasteiger partial charge in [-0.05, 0) is 24.1 Å². The first kappa shape index (κ1) is 18.1. The summed E-state index contributed by atoms with van der Waals surface area (Å²) in [6, 6.07) is 13.1. The van der Waals surface area contributed by atoms with Crippen LogP contribution >= 0.6 is 12.4 Å². The van der Waals surface area contributed by atoms with Gasteiger partial charge in [0.25, 0.3) is 0 Å². The van der Waals surface area contributed by atoms with Crippen LogP contribution in [-0.4, -0.2) is 10.9 Å². The van der Waals surface area contributed by atoms with Crippen LogP contribution in [0.1, 0.15) is 37.1 Å². The van der Waals surface area contributed by atoms with Gasteiger partial charge in [-0.2, -0.15) is 0 Å². The number of nitrogens with two attached hydrogens (primary N) is 1. The second-order valence-corrected chi connectivity index (χ2v) is 5.24. The van der Waals surface area contributed by atoms with E-state index in [1.165, 1.54) is 0 Å². The molecule has 0 bridgehead atoms. The van der Waals surface area contributed by atoms with E-state index >= 15 is 0 Å². The zero-order valence-electron chi connectivity index (χ0n) is 12.8. The number of halogens is 1. The molecule has 1 aromatic heterocycles. The average molecular weight is 320 g/mol. The lowest BCUT2D eigenvalue weighted by Gasteiger charge is -2.22. The number of carbonyl (C=O) groups is 1. The molecule has 0 spiro atoms. The number of carbonyl (C=O) groups excluding carboxylic acids is 1. The van der Waals surface area contributed by atoms with Crippen LogP contribution in [0.5, 0.6) is 0 Å². The van der Waals surface area contributed by atoms with Crippen LogP contribution in [0.3, 0.4) is 0 Å².